The number of nitrogens with one attached hydrogen (secondary N) is 2. The molecule has 2 N–H and O–H groups in total. The molecule has 1 aliphatic rings. The van der Waals surface area contributed by atoms with Gasteiger partial charge in [0.05, 0.1) is 6.04 Å². The van der Waals surface area contributed by atoms with Gasteiger partial charge >= 0.3 is 0 Å². The van der Waals surface area contributed by atoms with Crippen LogP contribution in [0.1, 0.15) is 25.3 Å². The molecule has 1 aromatic carbocycles. The number of carbonyl (C=O) groups excluding carboxylic acids is 1. The molecule has 18 heavy (non-hydrogen) atoms. The summed E-state index contributed by atoms with van der Waals surface area (Å²) in [6, 6.07) is 5.47. The molecule has 1 amide bonds. The summed E-state index contributed by atoms with van der Waals surface area (Å²) in [6.45, 7) is 5.01. The summed E-state index contributed by atoms with van der Waals surface area (Å²) in [5.41, 5.74) is 1.71. The van der Waals surface area contributed by atoms with Crippen LogP contribution >= 0.6 is 11.6 Å². The normalized spacial score (nSPS) is 23.7. The monoisotopic (exact) mass is 266 g/mol. The lowest BCUT2D eigenvalue weighted by atomic mass is 9.94. The molecule has 0 aliphatic carbocycles. The van der Waals surface area contributed by atoms with Crippen LogP contribution < -0.4 is 10.6 Å². The van der Waals surface area contributed by atoms with Crippen LogP contribution in [0.3, 0.4) is 0 Å². The quantitative estimate of drug-likeness (QED) is 0.864. The first-order valence-corrected chi connectivity index (χ1v) is 6.75. The molecule has 0 bridgehead atoms. The van der Waals surface area contributed by atoms with Crippen LogP contribution in [0.4, 0.5) is 5.69 Å². The maximum Gasteiger partial charge on any atom is 0.241 e. The summed E-state index contributed by atoms with van der Waals surface area (Å²) in [5, 5.41) is 6.89. The molecule has 0 radical (unpaired) electrons. The van der Waals surface area contributed by atoms with Gasteiger partial charge in [0.1, 0.15) is 0 Å². The summed E-state index contributed by atoms with van der Waals surface area (Å²) in [4.78, 5) is 12.2. The van der Waals surface area contributed by atoms with Gasteiger partial charge in [-0.05, 0) is 49.9 Å². The predicted octanol–water partition coefficient (Wildman–Crippen LogP) is 2.98. The van der Waals surface area contributed by atoms with Crippen LogP contribution in [-0.4, -0.2) is 18.5 Å². The zero-order chi connectivity index (χ0) is 13.1. The van der Waals surface area contributed by atoms with Crippen molar-refractivity contribution in [2.45, 2.75) is 32.7 Å². The van der Waals surface area contributed by atoms with Crippen molar-refractivity contribution in [2.75, 3.05) is 11.9 Å². The highest BCUT2D eigenvalue weighted by molar-refractivity contribution is 6.31. The molecular formula is C14H19ClN2O. The van der Waals surface area contributed by atoms with Crippen molar-refractivity contribution in [2.24, 2.45) is 5.92 Å². The van der Waals surface area contributed by atoms with Crippen molar-refractivity contribution in [3.63, 3.8) is 0 Å². The fraction of sp³-hybridized carbons (Fsp3) is 0.500. The van der Waals surface area contributed by atoms with Gasteiger partial charge in [-0.25, -0.2) is 0 Å². The average molecular weight is 267 g/mol. The van der Waals surface area contributed by atoms with Crippen LogP contribution in [0.25, 0.3) is 0 Å². The topological polar surface area (TPSA) is 41.1 Å². The van der Waals surface area contributed by atoms with Crippen molar-refractivity contribution in [3.8, 4) is 0 Å². The first-order valence-electron chi connectivity index (χ1n) is 6.37. The van der Waals surface area contributed by atoms with E-state index >= 15 is 0 Å². The smallest absolute Gasteiger partial charge is 0.241 e. The Morgan fingerprint density at radius 1 is 1.50 bits per heavy atom. The number of halogens is 1. The Bertz CT molecular complexity index is 447. The average Bonchev–Trinajstić information content (AvgIpc) is 2.35. The maximum atomic E-state index is 12.2. The number of carbonyl (C=O) groups is 1. The summed E-state index contributed by atoms with van der Waals surface area (Å²) in [7, 11) is 0. The van der Waals surface area contributed by atoms with Crippen LogP contribution in [-0.2, 0) is 4.79 Å². The Kier molecular flexibility index (Phi) is 4.25. The van der Waals surface area contributed by atoms with Gasteiger partial charge in [0.25, 0.3) is 0 Å². The minimum absolute atomic E-state index is 0.0342. The van der Waals surface area contributed by atoms with Gasteiger partial charge in [-0.1, -0.05) is 24.6 Å². The van der Waals surface area contributed by atoms with Crippen molar-refractivity contribution >= 4 is 23.2 Å². The largest absolute Gasteiger partial charge is 0.324 e. The molecule has 2 rings (SSSR count). The number of amides is 1. The Balaban J connectivity index is 2.04. The first-order chi connectivity index (χ1) is 8.58. The van der Waals surface area contributed by atoms with Gasteiger partial charge in [-0.2, -0.15) is 0 Å². The molecule has 0 aromatic heterocycles. The number of hydrogen-bond donors (Lipinski definition) is 2. The summed E-state index contributed by atoms with van der Waals surface area (Å²) >= 11 is 6.04. The third kappa shape index (κ3) is 3.03. The van der Waals surface area contributed by atoms with Gasteiger partial charge in [-0.15, -0.1) is 0 Å². The number of piperidine rings is 1. The third-order valence-corrected chi connectivity index (χ3v) is 3.92. The number of benzene rings is 1. The molecule has 1 fully saturated rings. The molecule has 1 aromatic rings. The van der Waals surface area contributed by atoms with Crippen molar-refractivity contribution in [3.05, 3.63) is 28.8 Å². The van der Waals surface area contributed by atoms with Crippen LogP contribution in [0.5, 0.6) is 0 Å². The van der Waals surface area contributed by atoms with E-state index in [1.807, 2.05) is 25.1 Å². The molecule has 1 heterocycles. The Labute approximate surface area is 113 Å². The van der Waals surface area contributed by atoms with Gasteiger partial charge in [0.2, 0.25) is 5.91 Å². The Morgan fingerprint density at radius 2 is 2.28 bits per heavy atom. The molecule has 98 valence electrons. The maximum absolute atomic E-state index is 12.2. The molecule has 1 aliphatic heterocycles. The molecule has 3 nitrogen and oxygen atoms in total. The molecule has 1 saturated heterocycles. The molecule has 0 spiro atoms. The second-order valence-corrected chi connectivity index (χ2v) is 5.45. The van der Waals surface area contributed by atoms with Crippen LogP contribution in [0, 0.1) is 12.8 Å². The Morgan fingerprint density at radius 3 is 3.00 bits per heavy atom. The fourth-order valence-electron chi connectivity index (χ4n) is 2.27. The third-order valence-electron chi connectivity index (χ3n) is 3.51. The predicted molar refractivity (Wildman–Crippen MR) is 75.0 cm³/mol. The summed E-state index contributed by atoms with van der Waals surface area (Å²) in [6.07, 6.45) is 2.03. The minimum atomic E-state index is -0.0906. The van der Waals surface area contributed by atoms with Crippen molar-refractivity contribution in [1.29, 1.82) is 0 Å². The SMILES string of the molecule is Cc1c(Cl)cccc1NC(=O)C1CC(C)CCN1. The lowest BCUT2D eigenvalue weighted by Crippen LogP contribution is -2.45. The van der Waals surface area contributed by atoms with Crippen molar-refractivity contribution < 1.29 is 4.79 Å². The van der Waals surface area contributed by atoms with E-state index in [9.17, 15) is 4.79 Å². The van der Waals surface area contributed by atoms with Gasteiger partial charge < -0.3 is 10.6 Å². The van der Waals surface area contributed by atoms with Crippen LogP contribution in [0.15, 0.2) is 18.2 Å². The second-order valence-electron chi connectivity index (χ2n) is 5.04. The van der Waals surface area contributed by atoms with E-state index in [0.29, 0.717) is 10.9 Å². The molecule has 4 heteroatoms. The van der Waals surface area contributed by atoms with E-state index in [1.54, 1.807) is 0 Å². The molecule has 2 atom stereocenters. The van der Waals surface area contributed by atoms with Gasteiger partial charge in [0, 0.05) is 10.7 Å². The fourth-order valence-corrected chi connectivity index (χ4v) is 2.44. The highest BCUT2D eigenvalue weighted by atomic mass is 35.5. The van der Waals surface area contributed by atoms with Crippen molar-refractivity contribution in [1.82, 2.24) is 5.32 Å². The van der Waals surface area contributed by atoms with E-state index in [0.717, 1.165) is 30.6 Å². The van der Waals surface area contributed by atoms with Crippen LogP contribution in [0.2, 0.25) is 5.02 Å². The van der Waals surface area contributed by atoms with E-state index in [2.05, 4.69) is 17.6 Å². The summed E-state index contributed by atoms with van der Waals surface area (Å²) < 4.78 is 0. The second kappa shape index (κ2) is 5.72. The molecular weight excluding hydrogens is 248 g/mol. The zero-order valence-electron chi connectivity index (χ0n) is 10.8. The van der Waals surface area contributed by atoms with E-state index in [4.69, 9.17) is 11.6 Å². The minimum Gasteiger partial charge on any atom is -0.324 e. The Hall–Kier alpha value is -1.06. The number of hydrogen-bond acceptors (Lipinski definition) is 2. The summed E-state index contributed by atoms with van der Waals surface area (Å²) in [5.74, 6) is 0.634. The first kappa shape index (κ1) is 13.4. The van der Waals surface area contributed by atoms with E-state index in [1.165, 1.54) is 0 Å². The molecule has 2 unspecified atom stereocenters. The standard InChI is InChI=1S/C14H19ClN2O/c1-9-6-7-16-13(8-9)14(18)17-12-5-3-4-11(15)10(12)2/h3-5,9,13,16H,6-8H2,1-2H3,(H,17,18). The number of anilines is 1. The highest BCUT2D eigenvalue weighted by Crippen LogP contribution is 2.24. The molecule has 0 saturated carbocycles. The van der Waals surface area contributed by atoms with Gasteiger partial charge in [-0.3, -0.25) is 4.79 Å². The van der Waals surface area contributed by atoms with E-state index < -0.39 is 0 Å². The van der Waals surface area contributed by atoms with E-state index in [-0.39, 0.29) is 11.9 Å². The van der Waals surface area contributed by atoms with Gasteiger partial charge in [0.15, 0.2) is 0 Å². The zero-order valence-corrected chi connectivity index (χ0v) is 11.6. The lowest BCUT2D eigenvalue weighted by Gasteiger charge is -2.27. The highest BCUT2D eigenvalue weighted by Gasteiger charge is 2.24. The number of rotatable bonds is 2. The lowest BCUT2D eigenvalue weighted by molar-refractivity contribution is -0.119.